The van der Waals surface area contributed by atoms with Crippen molar-refractivity contribution >= 4 is 15.7 Å². The van der Waals surface area contributed by atoms with Gasteiger partial charge >= 0.3 is 0 Å². The van der Waals surface area contributed by atoms with Gasteiger partial charge in [0.15, 0.2) is 4.90 Å². The molecule has 0 spiro atoms. The van der Waals surface area contributed by atoms with Crippen molar-refractivity contribution in [3.63, 3.8) is 0 Å². The van der Waals surface area contributed by atoms with E-state index in [9.17, 15) is 18.5 Å². The fraction of sp³-hybridized carbons (Fsp3) is 0.500. The number of nitro benzene ring substituents is 1. The second-order valence-corrected chi connectivity index (χ2v) is 6.21. The number of sulfonamides is 1. The molecule has 0 radical (unpaired) electrons. The van der Waals surface area contributed by atoms with E-state index in [1.165, 1.54) is 18.2 Å². The van der Waals surface area contributed by atoms with E-state index in [4.69, 9.17) is 5.11 Å². The molecule has 0 aliphatic rings. The Labute approximate surface area is 123 Å². The first-order valence-corrected chi connectivity index (χ1v) is 7.94. The maximum absolute atomic E-state index is 12.2. The molecule has 1 aromatic rings. The van der Waals surface area contributed by atoms with E-state index in [0.717, 1.165) is 6.07 Å². The molecular formula is C12H19N3O5S. The maximum atomic E-state index is 12.2. The smallest absolute Gasteiger partial charge is 0.289 e. The number of aliphatic hydroxyl groups excluding tert-OH is 1. The number of benzene rings is 1. The Morgan fingerprint density at radius 2 is 2.05 bits per heavy atom. The number of aliphatic hydroxyl groups is 1. The minimum absolute atomic E-state index is 0.0588. The molecule has 0 saturated carbocycles. The molecule has 0 aliphatic heterocycles. The van der Waals surface area contributed by atoms with Gasteiger partial charge in [-0.2, -0.15) is 0 Å². The SMILES string of the molecule is C[C@@H](CNCCCO)NS(=O)(=O)c1ccccc1[N+](=O)[O-]. The number of nitro groups is 1. The Bertz CT molecular complexity index is 576. The van der Waals surface area contributed by atoms with Crippen LogP contribution in [-0.2, 0) is 10.0 Å². The molecule has 0 unspecified atom stereocenters. The van der Waals surface area contributed by atoms with Gasteiger partial charge in [-0.05, 0) is 26.0 Å². The first-order valence-electron chi connectivity index (χ1n) is 6.46. The van der Waals surface area contributed by atoms with Crippen LogP contribution >= 0.6 is 0 Å². The molecule has 8 nitrogen and oxygen atoms in total. The van der Waals surface area contributed by atoms with Crippen molar-refractivity contribution in [2.75, 3.05) is 19.7 Å². The predicted octanol–water partition coefficient (Wildman–Crippen LogP) is 0.234. The number of hydrogen-bond acceptors (Lipinski definition) is 6. The summed E-state index contributed by atoms with van der Waals surface area (Å²) in [5.41, 5.74) is -0.453. The topological polar surface area (TPSA) is 122 Å². The van der Waals surface area contributed by atoms with E-state index in [-0.39, 0.29) is 11.5 Å². The summed E-state index contributed by atoms with van der Waals surface area (Å²) in [6.07, 6.45) is 0.573. The standard InChI is InChI=1S/C12H19N3O5S/c1-10(9-13-7-4-8-16)14-21(19,20)12-6-3-2-5-11(12)15(17)18/h2-3,5-6,10,13-14,16H,4,7-9H2,1H3/t10-/m0/s1. The second kappa shape index (κ2) is 8.03. The average Bonchev–Trinajstić information content (AvgIpc) is 2.43. The van der Waals surface area contributed by atoms with E-state index in [0.29, 0.717) is 19.5 Å². The van der Waals surface area contributed by atoms with Crippen LogP contribution in [0.4, 0.5) is 5.69 Å². The third-order valence-corrected chi connectivity index (χ3v) is 4.31. The summed E-state index contributed by atoms with van der Waals surface area (Å²) in [5.74, 6) is 0. The lowest BCUT2D eigenvalue weighted by molar-refractivity contribution is -0.387. The van der Waals surface area contributed by atoms with Gasteiger partial charge in [0.2, 0.25) is 10.0 Å². The third-order valence-electron chi connectivity index (χ3n) is 2.67. The molecule has 9 heteroatoms. The highest BCUT2D eigenvalue weighted by atomic mass is 32.2. The lowest BCUT2D eigenvalue weighted by atomic mass is 10.3. The van der Waals surface area contributed by atoms with Crippen LogP contribution in [0, 0.1) is 10.1 Å². The number of rotatable bonds is 9. The summed E-state index contributed by atoms with van der Waals surface area (Å²) in [4.78, 5) is 9.80. The van der Waals surface area contributed by atoms with Crippen LogP contribution in [0.15, 0.2) is 29.2 Å². The normalized spacial score (nSPS) is 13.0. The monoisotopic (exact) mass is 317 g/mol. The molecule has 118 valence electrons. The number of hydrogen-bond donors (Lipinski definition) is 3. The third kappa shape index (κ3) is 5.38. The molecule has 0 heterocycles. The van der Waals surface area contributed by atoms with Crippen molar-refractivity contribution in [3.05, 3.63) is 34.4 Å². The lowest BCUT2D eigenvalue weighted by Gasteiger charge is -2.15. The molecule has 3 N–H and O–H groups in total. The minimum Gasteiger partial charge on any atom is -0.396 e. The summed E-state index contributed by atoms with van der Waals surface area (Å²) in [6.45, 7) is 2.63. The van der Waals surface area contributed by atoms with E-state index >= 15 is 0 Å². The van der Waals surface area contributed by atoms with E-state index in [2.05, 4.69) is 10.0 Å². The first kappa shape index (κ1) is 17.5. The molecule has 1 aromatic carbocycles. The van der Waals surface area contributed by atoms with Gasteiger partial charge in [0.25, 0.3) is 5.69 Å². The van der Waals surface area contributed by atoms with Crippen molar-refractivity contribution in [3.8, 4) is 0 Å². The van der Waals surface area contributed by atoms with Crippen molar-refractivity contribution in [2.24, 2.45) is 0 Å². The van der Waals surface area contributed by atoms with E-state index < -0.39 is 26.7 Å². The zero-order valence-corrected chi connectivity index (χ0v) is 12.5. The summed E-state index contributed by atoms with van der Waals surface area (Å²) in [6, 6.07) is 4.77. The van der Waals surface area contributed by atoms with Crippen molar-refractivity contribution < 1.29 is 18.4 Å². The van der Waals surface area contributed by atoms with Gasteiger partial charge in [-0.1, -0.05) is 12.1 Å². The Hall–Kier alpha value is -1.55. The Morgan fingerprint density at radius 3 is 2.67 bits per heavy atom. The van der Waals surface area contributed by atoms with Gasteiger partial charge in [-0.3, -0.25) is 10.1 Å². The molecule has 0 aromatic heterocycles. The second-order valence-electron chi connectivity index (χ2n) is 4.53. The summed E-state index contributed by atoms with van der Waals surface area (Å²) in [5, 5.41) is 22.5. The van der Waals surface area contributed by atoms with Crippen LogP contribution in [0.5, 0.6) is 0 Å². The van der Waals surface area contributed by atoms with Crippen LogP contribution in [0.25, 0.3) is 0 Å². The highest BCUT2D eigenvalue weighted by Gasteiger charge is 2.26. The highest BCUT2D eigenvalue weighted by Crippen LogP contribution is 2.22. The zero-order chi connectivity index (χ0) is 15.9. The van der Waals surface area contributed by atoms with Gasteiger partial charge in [0.1, 0.15) is 0 Å². The fourth-order valence-corrected chi connectivity index (χ4v) is 3.14. The molecule has 0 aliphatic carbocycles. The molecule has 21 heavy (non-hydrogen) atoms. The highest BCUT2D eigenvalue weighted by molar-refractivity contribution is 7.89. The van der Waals surface area contributed by atoms with Crippen molar-refractivity contribution in [1.29, 1.82) is 0 Å². The Balaban J connectivity index is 2.76. The Morgan fingerprint density at radius 1 is 1.38 bits per heavy atom. The summed E-state index contributed by atoms with van der Waals surface area (Å²) in [7, 11) is -3.96. The first-order chi connectivity index (χ1) is 9.88. The van der Waals surface area contributed by atoms with Crippen LogP contribution in [0.3, 0.4) is 0 Å². The van der Waals surface area contributed by atoms with Crippen molar-refractivity contribution in [2.45, 2.75) is 24.3 Å². The summed E-state index contributed by atoms with van der Waals surface area (Å²) < 4.78 is 26.7. The van der Waals surface area contributed by atoms with Gasteiger partial charge in [0.05, 0.1) is 4.92 Å². The minimum atomic E-state index is -3.96. The van der Waals surface area contributed by atoms with Crippen LogP contribution < -0.4 is 10.0 Å². The lowest BCUT2D eigenvalue weighted by Crippen LogP contribution is -2.40. The molecule has 1 rings (SSSR count). The zero-order valence-electron chi connectivity index (χ0n) is 11.7. The number of nitrogens with zero attached hydrogens (tertiary/aromatic N) is 1. The van der Waals surface area contributed by atoms with Gasteiger partial charge in [0, 0.05) is 25.3 Å². The molecular weight excluding hydrogens is 298 g/mol. The molecule has 0 bridgehead atoms. The fourth-order valence-electron chi connectivity index (χ4n) is 1.73. The van der Waals surface area contributed by atoms with Gasteiger partial charge in [-0.25, -0.2) is 13.1 Å². The quantitative estimate of drug-likeness (QED) is 0.340. The van der Waals surface area contributed by atoms with E-state index in [1.54, 1.807) is 6.92 Å². The Kier molecular flexibility index (Phi) is 6.69. The van der Waals surface area contributed by atoms with Crippen molar-refractivity contribution in [1.82, 2.24) is 10.0 Å². The molecule has 0 fully saturated rings. The van der Waals surface area contributed by atoms with Gasteiger partial charge < -0.3 is 10.4 Å². The van der Waals surface area contributed by atoms with Crippen LogP contribution in [-0.4, -0.2) is 44.2 Å². The molecule has 0 amide bonds. The summed E-state index contributed by atoms with van der Waals surface area (Å²) >= 11 is 0. The van der Waals surface area contributed by atoms with Gasteiger partial charge in [-0.15, -0.1) is 0 Å². The van der Waals surface area contributed by atoms with Crippen LogP contribution in [0.1, 0.15) is 13.3 Å². The number of para-hydroxylation sites is 1. The molecule has 0 saturated heterocycles. The maximum Gasteiger partial charge on any atom is 0.289 e. The molecule has 1 atom stereocenters. The van der Waals surface area contributed by atoms with E-state index in [1.807, 2.05) is 0 Å². The average molecular weight is 317 g/mol. The largest absolute Gasteiger partial charge is 0.396 e. The number of nitrogens with one attached hydrogen (secondary N) is 2. The van der Waals surface area contributed by atoms with Crippen LogP contribution in [0.2, 0.25) is 0 Å². The predicted molar refractivity (Wildman–Crippen MR) is 77.5 cm³/mol.